The van der Waals surface area contributed by atoms with E-state index in [0.29, 0.717) is 5.39 Å². The van der Waals surface area contributed by atoms with Gasteiger partial charge in [0.05, 0.1) is 15.7 Å². The van der Waals surface area contributed by atoms with Gasteiger partial charge in [-0.25, -0.2) is 5.01 Å². The highest BCUT2D eigenvalue weighted by molar-refractivity contribution is 5.91. The van der Waals surface area contributed by atoms with Crippen LogP contribution >= 0.6 is 0 Å². The number of fused-ring (bicyclic) bond motifs is 1. The molecule has 1 saturated heterocycles. The Hall–Kier alpha value is -2.68. The third-order valence-electron chi connectivity index (χ3n) is 4.42. The predicted molar refractivity (Wildman–Crippen MR) is 88.0 cm³/mol. The van der Waals surface area contributed by atoms with E-state index in [-0.39, 0.29) is 17.5 Å². The molecule has 0 aromatic heterocycles. The van der Waals surface area contributed by atoms with Gasteiger partial charge >= 0.3 is 6.18 Å². The molecule has 138 valence electrons. The summed E-state index contributed by atoms with van der Waals surface area (Å²) in [4.78, 5) is 22.6. The summed E-state index contributed by atoms with van der Waals surface area (Å²) in [6.45, 7) is 2.91. The number of nitro benzene ring substituents is 1. The molecule has 1 heterocycles. The summed E-state index contributed by atoms with van der Waals surface area (Å²) < 4.78 is 41.4. The smallest absolute Gasteiger partial charge is 0.287 e. The van der Waals surface area contributed by atoms with Crippen LogP contribution in [-0.4, -0.2) is 28.6 Å². The number of hydrazine groups is 1. The van der Waals surface area contributed by atoms with Crippen molar-refractivity contribution in [3.8, 4) is 0 Å². The number of hydrogen-bond acceptors (Lipinski definition) is 4. The number of nitrogens with zero attached hydrogens (tertiary/aromatic N) is 2. The van der Waals surface area contributed by atoms with Crippen LogP contribution < -0.4 is 5.43 Å². The second kappa shape index (κ2) is 5.94. The summed E-state index contributed by atoms with van der Waals surface area (Å²) >= 11 is 0. The molecule has 1 amide bonds. The molecule has 0 bridgehead atoms. The van der Waals surface area contributed by atoms with E-state index in [2.05, 4.69) is 5.43 Å². The quantitative estimate of drug-likeness (QED) is 0.663. The molecule has 9 heteroatoms. The van der Waals surface area contributed by atoms with Crippen molar-refractivity contribution in [2.24, 2.45) is 5.41 Å². The highest BCUT2D eigenvalue weighted by atomic mass is 19.4. The van der Waals surface area contributed by atoms with Crippen LogP contribution in [0.15, 0.2) is 36.4 Å². The zero-order valence-electron chi connectivity index (χ0n) is 14.0. The minimum atomic E-state index is -4.73. The number of nitro groups is 1. The first-order valence-electron chi connectivity index (χ1n) is 7.82. The SMILES string of the molecule is CC1(C)CN([C@@H](c2cc([N+](=O)[O-])c3ccccc3c2)C(F)(F)F)NC1=O. The van der Waals surface area contributed by atoms with Gasteiger partial charge in [-0.15, -0.1) is 0 Å². The van der Waals surface area contributed by atoms with Gasteiger partial charge in [-0.3, -0.25) is 20.3 Å². The number of rotatable bonds is 3. The molecule has 1 N–H and O–H groups in total. The Morgan fingerprint density at radius 3 is 2.46 bits per heavy atom. The lowest BCUT2D eigenvalue weighted by Crippen LogP contribution is -2.43. The molecule has 0 spiro atoms. The largest absolute Gasteiger partial charge is 0.409 e. The highest BCUT2D eigenvalue weighted by Crippen LogP contribution is 2.42. The van der Waals surface area contributed by atoms with E-state index in [1.807, 2.05) is 0 Å². The Balaban J connectivity index is 2.17. The third kappa shape index (κ3) is 3.10. The average Bonchev–Trinajstić information content (AvgIpc) is 2.77. The number of non-ortho nitro benzene ring substituents is 1. The topological polar surface area (TPSA) is 75.5 Å². The van der Waals surface area contributed by atoms with Crippen LogP contribution in [0.4, 0.5) is 18.9 Å². The maximum absolute atomic E-state index is 13.8. The van der Waals surface area contributed by atoms with Gasteiger partial charge in [0, 0.05) is 12.6 Å². The van der Waals surface area contributed by atoms with Gasteiger partial charge in [-0.1, -0.05) is 18.2 Å². The van der Waals surface area contributed by atoms with Gasteiger partial charge in [-0.05, 0) is 36.9 Å². The van der Waals surface area contributed by atoms with Crippen molar-refractivity contribution in [3.05, 3.63) is 52.1 Å². The van der Waals surface area contributed by atoms with Crippen LogP contribution in [0.2, 0.25) is 0 Å². The van der Waals surface area contributed by atoms with Crippen LogP contribution in [-0.2, 0) is 4.79 Å². The van der Waals surface area contributed by atoms with E-state index < -0.39 is 34.2 Å². The Morgan fingerprint density at radius 2 is 1.92 bits per heavy atom. The van der Waals surface area contributed by atoms with Gasteiger partial charge in [0.1, 0.15) is 6.04 Å². The van der Waals surface area contributed by atoms with Crippen molar-refractivity contribution in [2.45, 2.75) is 26.1 Å². The number of amides is 1. The number of hydrogen-bond donors (Lipinski definition) is 1. The molecular formula is C17H16F3N3O3. The van der Waals surface area contributed by atoms with E-state index in [4.69, 9.17) is 0 Å². The minimum Gasteiger partial charge on any atom is -0.287 e. The van der Waals surface area contributed by atoms with Crippen LogP contribution in [0.25, 0.3) is 10.8 Å². The van der Waals surface area contributed by atoms with Crippen molar-refractivity contribution in [2.75, 3.05) is 6.54 Å². The molecule has 1 atom stereocenters. The fourth-order valence-corrected chi connectivity index (χ4v) is 3.14. The number of benzene rings is 2. The Bertz CT molecular complexity index is 896. The van der Waals surface area contributed by atoms with Gasteiger partial charge in [-0.2, -0.15) is 13.2 Å². The molecule has 1 aliphatic heterocycles. The predicted octanol–water partition coefficient (Wildman–Crippen LogP) is 3.72. The normalized spacial score (nSPS) is 18.7. The fourth-order valence-electron chi connectivity index (χ4n) is 3.14. The lowest BCUT2D eigenvalue weighted by molar-refractivity contribution is -0.383. The first-order chi connectivity index (χ1) is 12.0. The van der Waals surface area contributed by atoms with Gasteiger partial charge in [0.25, 0.3) is 5.69 Å². The molecule has 1 aliphatic rings. The van der Waals surface area contributed by atoms with E-state index in [1.165, 1.54) is 18.2 Å². The number of alkyl halides is 3. The van der Waals surface area contributed by atoms with Crippen LogP contribution in [0, 0.1) is 15.5 Å². The summed E-state index contributed by atoms with van der Waals surface area (Å²) in [5.74, 6) is -0.526. The van der Waals surface area contributed by atoms with Crippen molar-refractivity contribution < 1.29 is 22.9 Å². The molecule has 26 heavy (non-hydrogen) atoms. The number of carbonyl (C=O) groups excluding carboxylic acids is 1. The van der Waals surface area contributed by atoms with E-state index in [1.54, 1.807) is 26.0 Å². The van der Waals surface area contributed by atoms with Gasteiger partial charge in [0.2, 0.25) is 5.91 Å². The maximum atomic E-state index is 13.8. The van der Waals surface area contributed by atoms with E-state index in [0.717, 1.165) is 11.1 Å². The number of carbonyl (C=O) groups is 1. The molecule has 2 aromatic rings. The van der Waals surface area contributed by atoms with Crippen LogP contribution in [0.1, 0.15) is 25.5 Å². The summed E-state index contributed by atoms with van der Waals surface area (Å²) in [5, 5.41) is 12.7. The zero-order chi connectivity index (χ0) is 19.3. The molecule has 1 fully saturated rings. The van der Waals surface area contributed by atoms with E-state index >= 15 is 0 Å². The first-order valence-corrected chi connectivity index (χ1v) is 7.82. The summed E-state index contributed by atoms with van der Waals surface area (Å²) in [6.07, 6.45) is -4.73. The molecule has 0 unspecified atom stereocenters. The van der Waals surface area contributed by atoms with Gasteiger partial charge < -0.3 is 0 Å². The highest BCUT2D eigenvalue weighted by Gasteiger charge is 2.51. The molecule has 6 nitrogen and oxygen atoms in total. The standard InChI is InChI=1S/C17H16F3N3O3/c1-16(2)9-22(21-15(16)24)14(17(18,19)20)11-7-10-5-3-4-6-12(10)13(8-11)23(25)26/h3-8,14H,9H2,1-2H3,(H,21,24)/t14-/m0/s1. The van der Waals surface area contributed by atoms with E-state index in [9.17, 15) is 28.1 Å². The second-order valence-corrected chi connectivity index (χ2v) is 6.92. The molecule has 3 rings (SSSR count). The number of nitrogens with one attached hydrogen (secondary N) is 1. The van der Waals surface area contributed by atoms with Crippen molar-refractivity contribution in [1.29, 1.82) is 0 Å². The van der Waals surface area contributed by atoms with Crippen LogP contribution in [0.3, 0.4) is 0 Å². The minimum absolute atomic E-state index is 0.170. The van der Waals surface area contributed by atoms with Crippen molar-refractivity contribution in [1.82, 2.24) is 10.4 Å². The van der Waals surface area contributed by atoms with Crippen LogP contribution in [0.5, 0.6) is 0 Å². The molecule has 0 aliphatic carbocycles. The Kier molecular flexibility index (Phi) is 4.14. The molecule has 0 radical (unpaired) electrons. The third-order valence-corrected chi connectivity index (χ3v) is 4.42. The number of halogens is 3. The first kappa shape index (κ1) is 18.1. The summed E-state index contributed by atoms with van der Waals surface area (Å²) in [6, 6.07) is 6.21. The second-order valence-electron chi connectivity index (χ2n) is 6.92. The van der Waals surface area contributed by atoms with Crippen molar-refractivity contribution >= 4 is 22.4 Å². The monoisotopic (exact) mass is 367 g/mol. The molecule has 0 saturated carbocycles. The zero-order valence-corrected chi connectivity index (χ0v) is 14.0. The fraction of sp³-hybridized carbons (Fsp3) is 0.353. The average molecular weight is 367 g/mol. The van der Waals surface area contributed by atoms with Gasteiger partial charge in [0.15, 0.2) is 0 Å². The summed E-state index contributed by atoms with van der Waals surface area (Å²) in [7, 11) is 0. The Labute approximate surface area is 146 Å². The molecule has 2 aromatic carbocycles. The maximum Gasteiger partial charge on any atom is 0.409 e. The lowest BCUT2D eigenvalue weighted by atomic mass is 9.93. The lowest BCUT2D eigenvalue weighted by Gasteiger charge is -2.30. The molecular weight excluding hydrogens is 351 g/mol. The summed E-state index contributed by atoms with van der Waals surface area (Å²) in [5.41, 5.74) is 0.561. The van der Waals surface area contributed by atoms with Crippen molar-refractivity contribution in [3.63, 3.8) is 0 Å². The Morgan fingerprint density at radius 1 is 1.27 bits per heavy atom.